The summed E-state index contributed by atoms with van der Waals surface area (Å²) in [6.07, 6.45) is 13.5. The third-order valence-corrected chi connectivity index (χ3v) is 5.39. The van der Waals surface area contributed by atoms with Gasteiger partial charge in [0.25, 0.3) is 5.91 Å². The number of nitrogens with two attached hydrogens (primary N) is 1. The molecule has 4 heteroatoms. The van der Waals surface area contributed by atoms with Crippen LogP contribution in [0, 0.1) is 5.41 Å². The molecule has 0 saturated carbocycles. The van der Waals surface area contributed by atoms with Crippen molar-refractivity contribution in [1.82, 2.24) is 4.90 Å². The third-order valence-electron chi connectivity index (χ3n) is 5.39. The molecule has 1 heterocycles. The SMILES string of the molecule is CCCCCCCCCCc1ccc(C(=O)N2CCC[C@H]2C(=N)N)cc1. The molecule has 0 spiro atoms. The summed E-state index contributed by atoms with van der Waals surface area (Å²) in [5.41, 5.74) is 7.64. The summed E-state index contributed by atoms with van der Waals surface area (Å²) in [7, 11) is 0. The number of aryl methyl sites for hydroxylation is 1. The zero-order chi connectivity index (χ0) is 18.8. The van der Waals surface area contributed by atoms with Crippen LogP contribution in [-0.4, -0.2) is 29.2 Å². The number of hydrogen-bond donors (Lipinski definition) is 2. The van der Waals surface area contributed by atoms with Crippen molar-refractivity contribution in [1.29, 1.82) is 5.41 Å². The molecule has 0 aliphatic carbocycles. The van der Waals surface area contributed by atoms with Crippen LogP contribution in [0.2, 0.25) is 0 Å². The Hall–Kier alpha value is -1.84. The quantitative estimate of drug-likeness (QED) is 0.335. The third kappa shape index (κ3) is 6.15. The zero-order valence-corrected chi connectivity index (χ0v) is 16.3. The van der Waals surface area contributed by atoms with Gasteiger partial charge in [-0.25, -0.2) is 0 Å². The van der Waals surface area contributed by atoms with Crippen molar-refractivity contribution >= 4 is 11.7 Å². The molecule has 144 valence electrons. The lowest BCUT2D eigenvalue weighted by Crippen LogP contribution is -2.43. The van der Waals surface area contributed by atoms with Gasteiger partial charge < -0.3 is 10.6 Å². The van der Waals surface area contributed by atoms with E-state index in [1.807, 2.05) is 12.1 Å². The van der Waals surface area contributed by atoms with Gasteiger partial charge in [-0.05, 0) is 43.4 Å². The van der Waals surface area contributed by atoms with E-state index in [0.717, 1.165) is 19.3 Å². The van der Waals surface area contributed by atoms with Gasteiger partial charge in [-0.15, -0.1) is 0 Å². The average Bonchev–Trinajstić information content (AvgIpc) is 3.14. The van der Waals surface area contributed by atoms with Gasteiger partial charge in [0.2, 0.25) is 0 Å². The van der Waals surface area contributed by atoms with Gasteiger partial charge in [-0.1, -0.05) is 64.0 Å². The van der Waals surface area contributed by atoms with E-state index in [0.29, 0.717) is 12.1 Å². The maximum atomic E-state index is 12.7. The molecular formula is C22H35N3O. The van der Waals surface area contributed by atoms with Crippen molar-refractivity contribution in [2.75, 3.05) is 6.54 Å². The Morgan fingerprint density at radius 3 is 2.31 bits per heavy atom. The van der Waals surface area contributed by atoms with Crippen LogP contribution in [0.1, 0.15) is 87.1 Å². The van der Waals surface area contributed by atoms with Crippen molar-refractivity contribution in [3.63, 3.8) is 0 Å². The highest BCUT2D eigenvalue weighted by Gasteiger charge is 2.31. The Labute approximate surface area is 158 Å². The minimum Gasteiger partial charge on any atom is -0.386 e. The lowest BCUT2D eigenvalue weighted by Gasteiger charge is -2.23. The van der Waals surface area contributed by atoms with Crippen LogP contribution < -0.4 is 5.73 Å². The van der Waals surface area contributed by atoms with Crippen molar-refractivity contribution in [3.8, 4) is 0 Å². The van der Waals surface area contributed by atoms with Crippen LogP contribution in [-0.2, 0) is 6.42 Å². The number of likely N-dealkylation sites (tertiary alicyclic amines) is 1. The van der Waals surface area contributed by atoms with E-state index in [1.165, 1.54) is 56.9 Å². The highest BCUT2D eigenvalue weighted by atomic mass is 16.2. The predicted octanol–water partition coefficient (Wildman–Crippen LogP) is 4.91. The molecule has 1 aliphatic rings. The highest BCUT2D eigenvalue weighted by Crippen LogP contribution is 2.20. The molecule has 0 radical (unpaired) electrons. The molecule has 1 saturated heterocycles. The molecule has 26 heavy (non-hydrogen) atoms. The smallest absolute Gasteiger partial charge is 0.254 e. The highest BCUT2D eigenvalue weighted by molar-refractivity contribution is 5.98. The zero-order valence-electron chi connectivity index (χ0n) is 16.3. The van der Waals surface area contributed by atoms with Crippen LogP contribution in [0.15, 0.2) is 24.3 Å². The number of carbonyl (C=O) groups is 1. The van der Waals surface area contributed by atoms with E-state index >= 15 is 0 Å². The van der Waals surface area contributed by atoms with E-state index in [2.05, 4.69) is 19.1 Å². The Bertz CT molecular complexity index is 567. The van der Waals surface area contributed by atoms with Crippen LogP contribution in [0.5, 0.6) is 0 Å². The number of nitrogens with zero attached hydrogens (tertiary/aromatic N) is 1. The summed E-state index contributed by atoms with van der Waals surface area (Å²) >= 11 is 0. The standard InChI is InChI=1S/C22H35N3O/c1-2-3-4-5-6-7-8-9-11-18-13-15-19(16-14-18)22(26)25-17-10-12-20(25)21(23)24/h13-16,20H,2-12,17H2,1H3,(H3,23,24)/t20-/m0/s1. The number of carbonyl (C=O) groups excluding carboxylic acids is 1. The molecule has 1 aromatic carbocycles. The Morgan fingerprint density at radius 2 is 1.69 bits per heavy atom. The van der Waals surface area contributed by atoms with E-state index < -0.39 is 0 Å². The summed E-state index contributed by atoms with van der Waals surface area (Å²) in [5.74, 6) is 0.100. The summed E-state index contributed by atoms with van der Waals surface area (Å²) in [6.45, 7) is 2.95. The molecular weight excluding hydrogens is 322 g/mol. The van der Waals surface area contributed by atoms with Crippen molar-refractivity contribution in [2.45, 2.75) is 83.6 Å². The molecule has 2 rings (SSSR count). The topological polar surface area (TPSA) is 70.2 Å². The molecule has 1 aliphatic heterocycles. The average molecular weight is 358 g/mol. The van der Waals surface area contributed by atoms with Gasteiger partial charge in [-0.3, -0.25) is 10.2 Å². The molecule has 1 amide bonds. The molecule has 3 N–H and O–H groups in total. The van der Waals surface area contributed by atoms with Gasteiger partial charge in [0.1, 0.15) is 5.84 Å². The Kier molecular flexibility index (Phi) is 8.66. The summed E-state index contributed by atoms with van der Waals surface area (Å²) in [4.78, 5) is 14.4. The van der Waals surface area contributed by atoms with Crippen LogP contribution >= 0.6 is 0 Å². The van der Waals surface area contributed by atoms with Gasteiger partial charge in [0.05, 0.1) is 6.04 Å². The fourth-order valence-corrected chi connectivity index (χ4v) is 3.78. The Balaban J connectivity index is 1.72. The molecule has 0 unspecified atom stereocenters. The molecule has 1 fully saturated rings. The van der Waals surface area contributed by atoms with Crippen molar-refractivity contribution in [3.05, 3.63) is 35.4 Å². The van der Waals surface area contributed by atoms with E-state index in [9.17, 15) is 4.79 Å². The number of hydrogen-bond acceptors (Lipinski definition) is 2. The minimum absolute atomic E-state index is 0.00123. The fraction of sp³-hybridized carbons (Fsp3) is 0.636. The van der Waals surface area contributed by atoms with Crippen LogP contribution in [0.25, 0.3) is 0 Å². The molecule has 1 aromatic rings. The fourth-order valence-electron chi connectivity index (χ4n) is 3.78. The largest absolute Gasteiger partial charge is 0.386 e. The monoisotopic (exact) mass is 357 g/mol. The second-order valence-electron chi connectivity index (χ2n) is 7.53. The summed E-state index contributed by atoms with van der Waals surface area (Å²) in [6, 6.07) is 7.79. The number of amides is 1. The van der Waals surface area contributed by atoms with E-state index in [-0.39, 0.29) is 17.8 Å². The number of unbranched alkanes of at least 4 members (excludes halogenated alkanes) is 7. The number of benzene rings is 1. The van der Waals surface area contributed by atoms with Gasteiger partial charge in [0.15, 0.2) is 0 Å². The maximum absolute atomic E-state index is 12.7. The maximum Gasteiger partial charge on any atom is 0.254 e. The summed E-state index contributed by atoms with van der Waals surface area (Å²) in [5, 5.41) is 7.65. The number of rotatable bonds is 11. The van der Waals surface area contributed by atoms with Crippen LogP contribution in [0.4, 0.5) is 0 Å². The first kappa shape index (κ1) is 20.5. The normalized spacial score (nSPS) is 16.8. The predicted molar refractivity (Wildman–Crippen MR) is 109 cm³/mol. The summed E-state index contributed by atoms with van der Waals surface area (Å²) < 4.78 is 0. The molecule has 4 nitrogen and oxygen atoms in total. The van der Waals surface area contributed by atoms with Crippen LogP contribution in [0.3, 0.4) is 0 Å². The minimum atomic E-state index is -0.223. The van der Waals surface area contributed by atoms with E-state index in [1.54, 1.807) is 4.90 Å². The first-order valence-electron chi connectivity index (χ1n) is 10.4. The lowest BCUT2D eigenvalue weighted by atomic mass is 10.0. The van der Waals surface area contributed by atoms with Crippen molar-refractivity contribution in [2.24, 2.45) is 5.73 Å². The van der Waals surface area contributed by atoms with Crippen molar-refractivity contribution < 1.29 is 4.79 Å². The first-order valence-corrected chi connectivity index (χ1v) is 10.4. The second kappa shape index (κ2) is 11.0. The molecule has 1 atom stereocenters. The second-order valence-corrected chi connectivity index (χ2v) is 7.53. The lowest BCUT2D eigenvalue weighted by molar-refractivity contribution is 0.0769. The Morgan fingerprint density at radius 1 is 1.08 bits per heavy atom. The molecule has 0 aromatic heterocycles. The number of nitrogens with one attached hydrogen (secondary N) is 1. The first-order chi connectivity index (χ1) is 12.6. The van der Waals surface area contributed by atoms with Gasteiger partial charge >= 0.3 is 0 Å². The number of amidine groups is 1. The van der Waals surface area contributed by atoms with Gasteiger partial charge in [-0.2, -0.15) is 0 Å². The molecule has 0 bridgehead atoms. The van der Waals surface area contributed by atoms with Gasteiger partial charge in [0, 0.05) is 12.1 Å². The van der Waals surface area contributed by atoms with E-state index in [4.69, 9.17) is 11.1 Å².